The summed E-state index contributed by atoms with van der Waals surface area (Å²) in [5.74, 6) is -0.0469. The Kier molecular flexibility index (Phi) is 16.6. The Morgan fingerprint density at radius 1 is 0.305 bits per heavy atom. The first kappa shape index (κ1) is 59.1. The SMILES string of the molecule is C=C(O[Si](O[Si](O[Si](O[Si](O[Si](C(C)(C)C)(C(C)(C)C)C(C)(C)C)(C(C)(C)C)C(C)(C)C)(C(C)(C)C)C(C)(C)C)(C(C)(C)C)C(C)(C)C)(C(C)(C)C)C(C)(C)C)C(C)=O. The molecule has 0 aliphatic rings. The second-order valence-electron chi connectivity index (χ2n) is 29.4. The van der Waals surface area contributed by atoms with Crippen LogP contribution in [0.15, 0.2) is 12.3 Å². The topological polar surface area (TPSA) is 63.2 Å². The van der Waals surface area contributed by atoms with E-state index in [0.717, 1.165) is 0 Å². The van der Waals surface area contributed by atoms with Crippen molar-refractivity contribution in [1.82, 2.24) is 0 Å². The Balaban J connectivity index is 9.72. The number of rotatable bonds is 11. The van der Waals surface area contributed by atoms with Gasteiger partial charge in [0.15, 0.2) is 14.1 Å². The highest BCUT2D eigenvalue weighted by Gasteiger charge is 2.78. The third-order valence-electron chi connectivity index (χ3n) is 12.9. The molecule has 0 saturated carbocycles. The van der Waals surface area contributed by atoms with Crippen LogP contribution < -0.4 is 0 Å². The minimum absolute atomic E-state index is 0.143. The molecule has 352 valence electrons. The molecule has 6 nitrogen and oxygen atoms in total. The molecule has 0 aliphatic carbocycles. The van der Waals surface area contributed by atoms with E-state index in [0.29, 0.717) is 0 Å². The van der Waals surface area contributed by atoms with E-state index in [1.165, 1.54) is 6.92 Å². The maximum Gasteiger partial charge on any atom is 0.401 e. The van der Waals surface area contributed by atoms with Crippen molar-refractivity contribution < 1.29 is 25.7 Å². The summed E-state index contributed by atoms with van der Waals surface area (Å²) in [5.41, 5.74) is 0. The summed E-state index contributed by atoms with van der Waals surface area (Å²) in [5, 5.41) is -4.09. The molecule has 0 aromatic rings. The molecule has 0 heterocycles. The molecular formula is C48H104O6Si5. The molecule has 0 aromatic heterocycles. The lowest BCUT2D eigenvalue weighted by molar-refractivity contribution is -0.116. The van der Waals surface area contributed by atoms with E-state index in [4.69, 9.17) is 20.9 Å². The molecule has 0 aromatic carbocycles. The quantitative estimate of drug-likeness (QED) is 0.117. The highest BCUT2D eigenvalue weighted by Crippen LogP contribution is 2.70. The highest BCUT2D eigenvalue weighted by molar-refractivity contribution is 6.98. The predicted octanol–water partition coefficient (Wildman–Crippen LogP) is 17.7. The van der Waals surface area contributed by atoms with Crippen molar-refractivity contribution in [2.45, 2.75) is 291 Å². The highest BCUT2D eigenvalue weighted by atomic mass is 28.5. The molecule has 0 radical (unpaired) electrons. The lowest BCUT2D eigenvalue weighted by Crippen LogP contribution is -2.78. The molecule has 0 N–H and O–H groups in total. The van der Waals surface area contributed by atoms with Crippen molar-refractivity contribution >= 4 is 48.3 Å². The Morgan fingerprint density at radius 3 is 0.627 bits per heavy atom. The maximum absolute atomic E-state index is 13.1. The number of ketones is 1. The van der Waals surface area contributed by atoms with Crippen LogP contribution in [-0.2, 0) is 25.7 Å². The first-order chi connectivity index (χ1) is 24.9. The molecule has 0 bridgehead atoms. The second kappa shape index (κ2) is 16.5. The first-order valence-electron chi connectivity index (χ1n) is 22.6. The maximum atomic E-state index is 13.1. The van der Waals surface area contributed by atoms with E-state index in [1.54, 1.807) is 0 Å². The summed E-state index contributed by atoms with van der Waals surface area (Å²) in [7, 11) is -17.4. The standard InChI is InChI=1S/C48H104O6Si5/c1-36(49)37(2)50-56(41(12,13)14,42(15,16)17)52-58(45(24,25)26,46(27,28)29)54-59(47(30,31)32,48(33,34)35)53-57(43(18,19)20,44(21,22)23)51-55(38(3,4)5,39(6,7)8)40(9,10)11/h2H2,1,3-35H3. The summed E-state index contributed by atoms with van der Waals surface area (Å²) < 4.78 is 41.7. The van der Waals surface area contributed by atoms with Gasteiger partial charge < -0.3 is 20.9 Å². The third kappa shape index (κ3) is 10.5. The van der Waals surface area contributed by atoms with Gasteiger partial charge in [0.05, 0.1) is 0 Å². The monoisotopic (exact) mass is 917 g/mol. The number of hydrogen-bond donors (Lipinski definition) is 0. The van der Waals surface area contributed by atoms with Crippen LogP contribution in [0.2, 0.25) is 55.4 Å². The van der Waals surface area contributed by atoms with Gasteiger partial charge in [0.1, 0.15) is 5.76 Å². The van der Waals surface area contributed by atoms with E-state index in [9.17, 15) is 4.79 Å². The van der Waals surface area contributed by atoms with Crippen molar-refractivity contribution in [3.8, 4) is 0 Å². The summed E-state index contributed by atoms with van der Waals surface area (Å²) >= 11 is 0. The zero-order chi connectivity index (χ0) is 48.7. The van der Waals surface area contributed by atoms with Gasteiger partial charge >= 0.3 is 34.2 Å². The van der Waals surface area contributed by atoms with Crippen molar-refractivity contribution in [1.29, 1.82) is 0 Å². The van der Waals surface area contributed by atoms with E-state index < -0.39 is 72.8 Å². The van der Waals surface area contributed by atoms with E-state index in [2.05, 4.69) is 235 Å². The zero-order valence-electron chi connectivity index (χ0n) is 46.2. The lowest BCUT2D eigenvalue weighted by atomic mass is 10.2. The molecule has 0 atom stereocenters. The van der Waals surface area contributed by atoms with Crippen molar-refractivity contribution in [2.24, 2.45) is 0 Å². The van der Waals surface area contributed by atoms with Gasteiger partial charge in [-0.1, -0.05) is 235 Å². The van der Waals surface area contributed by atoms with Crippen molar-refractivity contribution in [2.75, 3.05) is 0 Å². The van der Waals surface area contributed by atoms with Crippen LogP contribution in [0, 0.1) is 0 Å². The Morgan fingerprint density at radius 2 is 0.475 bits per heavy atom. The number of hydrogen-bond acceptors (Lipinski definition) is 6. The van der Waals surface area contributed by atoms with Gasteiger partial charge in [0.2, 0.25) is 0 Å². The number of carbonyl (C=O) groups excluding carboxylic acids is 1. The average molecular weight is 918 g/mol. The van der Waals surface area contributed by atoms with Gasteiger partial charge in [-0.25, -0.2) is 0 Å². The van der Waals surface area contributed by atoms with Crippen LogP contribution in [0.3, 0.4) is 0 Å². The summed E-state index contributed by atoms with van der Waals surface area (Å²) in [6, 6.07) is 0. The largest absolute Gasteiger partial charge is 0.518 e. The fourth-order valence-electron chi connectivity index (χ4n) is 11.9. The van der Waals surface area contributed by atoms with Gasteiger partial charge in [0.25, 0.3) is 0 Å². The predicted molar refractivity (Wildman–Crippen MR) is 271 cm³/mol. The van der Waals surface area contributed by atoms with Gasteiger partial charge in [0, 0.05) is 47.2 Å². The van der Waals surface area contributed by atoms with Crippen LogP contribution >= 0.6 is 0 Å². The van der Waals surface area contributed by atoms with Crippen LogP contribution in [0.25, 0.3) is 0 Å². The summed E-state index contributed by atoms with van der Waals surface area (Å²) in [6.07, 6.45) is 0. The number of allylic oxidation sites excluding steroid dienone is 1. The number of Topliss-reactive ketones (excluding diaryl/α,β-unsaturated/α-hetero) is 1. The number of carbonyl (C=O) groups is 1. The van der Waals surface area contributed by atoms with Gasteiger partial charge in [-0.2, -0.15) is 0 Å². The molecule has 0 spiro atoms. The van der Waals surface area contributed by atoms with Gasteiger partial charge in [-0.15, -0.1) is 0 Å². The molecule has 0 aliphatic heterocycles. The normalized spacial score (nSPS) is 16.4. The van der Waals surface area contributed by atoms with Crippen LogP contribution in [-0.4, -0.2) is 48.3 Å². The molecule has 0 fully saturated rings. The average Bonchev–Trinajstić information content (AvgIpc) is 2.85. The Labute approximate surface area is 375 Å². The molecule has 0 amide bonds. The van der Waals surface area contributed by atoms with E-state index >= 15 is 0 Å². The van der Waals surface area contributed by atoms with Crippen LogP contribution in [0.1, 0.15) is 235 Å². The van der Waals surface area contributed by atoms with Gasteiger partial charge in [-0.05, 0) is 15.1 Å². The Bertz CT molecular complexity index is 1380. The van der Waals surface area contributed by atoms with Crippen LogP contribution in [0.5, 0.6) is 0 Å². The van der Waals surface area contributed by atoms with Crippen LogP contribution in [0.4, 0.5) is 0 Å². The minimum atomic E-state index is -3.70. The molecule has 0 saturated heterocycles. The van der Waals surface area contributed by atoms with E-state index in [1.807, 2.05) is 0 Å². The first-order valence-corrected chi connectivity index (χ1v) is 31.8. The zero-order valence-corrected chi connectivity index (χ0v) is 51.2. The van der Waals surface area contributed by atoms with E-state index in [-0.39, 0.29) is 36.7 Å². The smallest absolute Gasteiger partial charge is 0.401 e. The molecule has 0 rings (SSSR count). The molecule has 59 heavy (non-hydrogen) atoms. The Hall–Kier alpha value is 0.134. The molecular weight excluding hydrogens is 813 g/mol. The van der Waals surface area contributed by atoms with Crippen molar-refractivity contribution in [3.63, 3.8) is 0 Å². The second-order valence-corrected chi connectivity index (χ2v) is 55.7. The summed E-state index contributed by atoms with van der Waals surface area (Å²) in [6.45, 7) is 82.8. The van der Waals surface area contributed by atoms with Crippen molar-refractivity contribution in [3.05, 3.63) is 12.3 Å². The summed E-state index contributed by atoms with van der Waals surface area (Å²) in [4.78, 5) is 13.1. The fourth-order valence-corrected chi connectivity index (χ4v) is 58.0. The lowest BCUT2D eigenvalue weighted by Gasteiger charge is -2.68. The molecule has 11 heteroatoms. The van der Waals surface area contributed by atoms with Gasteiger partial charge in [-0.3, -0.25) is 4.79 Å². The third-order valence-corrected chi connectivity index (χ3v) is 44.8. The molecule has 0 unspecified atom stereocenters. The minimum Gasteiger partial charge on any atom is -0.518 e. The fraction of sp³-hybridized carbons (Fsp3) is 0.938.